The van der Waals surface area contributed by atoms with Gasteiger partial charge < -0.3 is 15.0 Å². The number of para-hydroxylation sites is 1. The van der Waals surface area contributed by atoms with Gasteiger partial charge >= 0.3 is 0 Å². The van der Waals surface area contributed by atoms with Gasteiger partial charge in [-0.25, -0.2) is 0 Å². The van der Waals surface area contributed by atoms with Crippen molar-refractivity contribution in [2.45, 2.75) is 31.9 Å². The molecule has 146 valence electrons. The predicted octanol–water partition coefficient (Wildman–Crippen LogP) is 3.60. The summed E-state index contributed by atoms with van der Waals surface area (Å²) in [7, 11) is 0. The lowest BCUT2D eigenvalue weighted by molar-refractivity contribution is -0.122. The Balaban J connectivity index is 1.44. The van der Waals surface area contributed by atoms with Crippen molar-refractivity contribution in [3.63, 3.8) is 0 Å². The minimum absolute atomic E-state index is 0.0237. The summed E-state index contributed by atoms with van der Waals surface area (Å²) in [6.07, 6.45) is 1.02. The van der Waals surface area contributed by atoms with Crippen molar-refractivity contribution in [2.75, 3.05) is 23.4 Å². The second kappa shape index (κ2) is 8.27. The third-order valence-corrected chi connectivity index (χ3v) is 6.26. The molecule has 2 heterocycles. The fourth-order valence-electron chi connectivity index (χ4n) is 3.64. The molecule has 5 nitrogen and oxygen atoms in total. The zero-order chi connectivity index (χ0) is 19.5. The molecule has 4 rings (SSSR count). The molecule has 2 aliphatic heterocycles. The Bertz CT molecular complexity index is 861. The molecule has 1 saturated heterocycles. The lowest BCUT2D eigenvalue weighted by atomic mass is 10.1. The second-order valence-electron chi connectivity index (χ2n) is 7.24. The van der Waals surface area contributed by atoms with E-state index in [2.05, 4.69) is 12.2 Å². The highest BCUT2D eigenvalue weighted by Gasteiger charge is 2.29. The third-order valence-electron chi connectivity index (χ3n) is 5.27. The van der Waals surface area contributed by atoms with Crippen LogP contribution in [0, 0.1) is 0 Å². The SMILES string of the molecule is C[C@@H]1CCSCCN1C(=O)c1cccc(NC(=O)[C@@H]2Cc3ccccc3O2)c1. The van der Waals surface area contributed by atoms with Gasteiger partial charge in [0.2, 0.25) is 0 Å². The number of anilines is 1. The maximum atomic E-state index is 13.0. The molecule has 0 spiro atoms. The highest BCUT2D eigenvalue weighted by molar-refractivity contribution is 7.99. The Labute approximate surface area is 169 Å². The molecule has 1 N–H and O–H groups in total. The summed E-state index contributed by atoms with van der Waals surface area (Å²) < 4.78 is 5.75. The molecular weight excluding hydrogens is 372 g/mol. The Morgan fingerprint density at radius 3 is 2.86 bits per heavy atom. The summed E-state index contributed by atoms with van der Waals surface area (Å²) in [6, 6.07) is 15.1. The summed E-state index contributed by atoms with van der Waals surface area (Å²) in [6.45, 7) is 2.86. The quantitative estimate of drug-likeness (QED) is 0.861. The van der Waals surface area contributed by atoms with E-state index >= 15 is 0 Å². The van der Waals surface area contributed by atoms with Crippen LogP contribution in [0.5, 0.6) is 5.75 Å². The first-order chi connectivity index (χ1) is 13.6. The summed E-state index contributed by atoms with van der Waals surface area (Å²) in [5.41, 5.74) is 2.26. The van der Waals surface area contributed by atoms with Crippen molar-refractivity contribution in [3.8, 4) is 5.75 Å². The van der Waals surface area contributed by atoms with Crippen LogP contribution in [-0.2, 0) is 11.2 Å². The number of hydrogen-bond acceptors (Lipinski definition) is 4. The molecule has 1 fully saturated rings. The minimum Gasteiger partial charge on any atom is -0.480 e. The number of carbonyl (C=O) groups is 2. The van der Waals surface area contributed by atoms with E-state index in [1.165, 1.54) is 0 Å². The molecule has 0 aliphatic carbocycles. The molecule has 0 radical (unpaired) electrons. The smallest absolute Gasteiger partial charge is 0.265 e. The predicted molar refractivity (Wildman–Crippen MR) is 112 cm³/mol. The number of fused-ring (bicyclic) bond motifs is 1. The van der Waals surface area contributed by atoms with Crippen LogP contribution in [0.25, 0.3) is 0 Å². The van der Waals surface area contributed by atoms with Crippen molar-refractivity contribution in [2.24, 2.45) is 0 Å². The number of ether oxygens (including phenoxy) is 1. The van der Waals surface area contributed by atoms with E-state index in [0.29, 0.717) is 17.7 Å². The fourth-order valence-corrected chi connectivity index (χ4v) is 4.68. The van der Waals surface area contributed by atoms with Crippen LogP contribution in [0.4, 0.5) is 5.69 Å². The third kappa shape index (κ3) is 4.02. The summed E-state index contributed by atoms with van der Waals surface area (Å²) in [4.78, 5) is 27.6. The van der Waals surface area contributed by atoms with Crippen LogP contribution in [0.2, 0.25) is 0 Å². The number of thioether (sulfide) groups is 1. The Kier molecular flexibility index (Phi) is 5.57. The topological polar surface area (TPSA) is 58.6 Å². The monoisotopic (exact) mass is 396 g/mol. The average Bonchev–Trinajstić information content (AvgIpc) is 3.03. The lowest BCUT2D eigenvalue weighted by Crippen LogP contribution is -2.39. The van der Waals surface area contributed by atoms with Crippen molar-refractivity contribution < 1.29 is 14.3 Å². The van der Waals surface area contributed by atoms with Gasteiger partial charge in [0.15, 0.2) is 6.10 Å². The molecular formula is C22H24N2O3S. The fraction of sp³-hybridized carbons (Fsp3) is 0.364. The highest BCUT2D eigenvalue weighted by atomic mass is 32.2. The van der Waals surface area contributed by atoms with Gasteiger partial charge in [-0.05, 0) is 48.9 Å². The first-order valence-electron chi connectivity index (χ1n) is 9.66. The van der Waals surface area contributed by atoms with E-state index in [1.54, 1.807) is 12.1 Å². The molecule has 6 heteroatoms. The van der Waals surface area contributed by atoms with Crippen LogP contribution < -0.4 is 10.1 Å². The maximum Gasteiger partial charge on any atom is 0.265 e. The van der Waals surface area contributed by atoms with Gasteiger partial charge in [-0.2, -0.15) is 11.8 Å². The van der Waals surface area contributed by atoms with Crippen molar-refractivity contribution >= 4 is 29.3 Å². The van der Waals surface area contributed by atoms with E-state index in [0.717, 1.165) is 35.8 Å². The van der Waals surface area contributed by atoms with Gasteiger partial charge in [-0.3, -0.25) is 9.59 Å². The first-order valence-corrected chi connectivity index (χ1v) is 10.8. The number of rotatable bonds is 3. The van der Waals surface area contributed by atoms with Gasteiger partial charge in [-0.15, -0.1) is 0 Å². The number of hydrogen-bond donors (Lipinski definition) is 1. The van der Waals surface area contributed by atoms with E-state index in [1.807, 2.05) is 53.1 Å². The average molecular weight is 397 g/mol. The molecule has 2 amide bonds. The second-order valence-corrected chi connectivity index (χ2v) is 8.46. The Morgan fingerprint density at radius 1 is 1.14 bits per heavy atom. The molecule has 2 aliphatic rings. The Hall–Kier alpha value is -2.47. The van der Waals surface area contributed by atoms with Gasteiger partial charge in [-0.1, -0.05) is 24.3 Å². The van der Waals surface area contributed by atoms with Crippen LogP contribution in [-0.4, -0.2) is 46.9 Å². The van der Waals surface area contributed by atoms with E-state index in [9.17, 15) is 9.59 Å². The number of nitrogens with one attached hydrogen (secondary N) is 1. The molecule has 0 bridgehead atoms. The molecule has 2 aromatic rings. The summed E-state index contributed by atoms with van der Waals surface area (Å²) in [5, 5.41) is 2.90. The largest absolute Gasteiger partial charge is 0.480 e. The molecule has 0 saturated carbocycles. The first kappa shape index (κ1) is 18.9. The standard InChI is InChI=1S/C22H24N2O3S/c1-15-9-11-28-12-10-24(15)22(26)17-6-4-7-18(13-17)23-21(25)20-14-16-5-2-3-8-19(16)27-20/h2-8,13,15,20H,9-12,14H2,1H3,(H,23,25)/t15-,20+/m1/s1. The Morgan fingerprint density at radius 2 is 2.00 bits per heavy atom. The van der Waals surface area contributed by atoms with E-state index in [-0.39, 0.29) is 17.9 Å². The van der Waals surface area contributed by atoms with Gasteiger partial charge in [0, 0.05) is 36.0 Å². The lowest BCUT2D eigenvalue weighted by Gasteiger charge is -2.27. The normalized spacial score (nSPS) is 21.4. The van der Waals surface area contributed by atoms with Gasteiger partial charge in [0.25, 0.3) is 11.8 Å². The number of carbonyl (C=O) groups excluding carboxylic acids is 2. The highest BCUT2D eigenvalue weighted by Crippen LogP contribution is 2.29. The van der Waals surface area contributed by atoms with Crippen LogP contribution in [0.3, 0.4) is 0 Å². The van der Waals surface area contributed by atoms with Crippen LogP contribution in [0.15, 0.2) is 48.5 Å². The van der Waals surface area contributed by atoms with Gasteiger partial charge in [0.05, 0.1) is 0 Å². The maximum absolute atomic E-state index is 13.0. The molecule has 0 unspecified atom stereocenters. The van der Waals surface area contributed by atoms with Crippen LogP contribution >= 0.6 is 11.8 Å². The zero-order valence-corrected chi connectivity index (χ0v) is 16.7. The minimum atomic E-state index is -0.542. The number of nitrogens with zero attached hydrogens (tertiary/aromatic N) is 1. The molecule has 28 heavy (non-hydrogen) atoms. The van der Waals surface area contributed by atoms with Crippen molar-refractivity contribution in [1.82, 2.24) is 4.90 Å². The molecule has 2 atom stereocenters. The van der Waals surface area contributed by atoms with Crippen molar-refractivity contribution in [1.29, 1.82) is 0 Å². The summed E-state index contributed by atoms with van der Waals surface area (Å²) >= 11 is 1.89. The number of benzene rings is 2. The molecule has 0 aromatic heterocycles. The van der Waals surface area contributed by atoms with Gasteiger partial charge in [0.1, 0.15) is 5.75 Å². The summed E-state index contributed by atoms with van der Waals surface area (Å²) in [5.74, 6) is 2.65. The van der Waals surface area contributed by atoms with E-state index < -0.39 is 6.10 Å². The van der Waals surface area contributed by atoms with Crippen molar-refractivity contribution in [3.05, 3.63) is 59.7 Å². The van der Waals surface area contributed by atoms with E-state index in [4.69, 9.17) is 4.74 Å². The molecule has 2 aromatic carbocycles. The number of amides is 2. The van der Waals surface area contributed by atoms with Crippen LogP contribution in [0.1, 0.15) is 29.3 Å². The zero-order valence-electron chi connectivity index (χ0n) is 15.9.